The number of methoxy groups -OCH3 is 2. The van der Waals surface area contributed by atoms with E-state index in [9.17, 15) is 9.59 Å². The van der Waals surface area contributed by atoms with Crippen molar-refractivity contribution >= 4 is 17.8 Å². The molecular formula is C24H32N4O4. The summed E-state index contributed by atoms with van der Waals surface area (Å²) < 4.78 is 10.6. The molecule has 2 N–H and O–H groups in total. The van der Waals surface area contributed by atoms with Gasteiger partial charge >= 0.3 is 0 Å². The highest BCUT2D eigenvalue weighted by molar-refractivity contribution is 6.06. The number of amides is 2. The first-order valence-corrected chi connectivity index (χ1v) is 11.3. The first-order valence-electron chi connectivity index (χ1n) is 11.3. The molecule has 32 heavy (non-hydrogen) atoms. The van der Waals surface area contributed by atoms with Crippen LogP contribution in [-0.4, -0.2) is 63.1 Å². The Morgan fingerprint density at radius 3 is 2.38 bits per heavy atom. The number of allylic oxidation sites excluding steroid dienone is 2. The lowest BCUT2D eigenvalue weighted by Gasteiger charge is -2.18. The zero-order chi connectivity index (χ0) is 22.7. The summed E-state index contributed by atoms with van der Waals surface area (Å²) in [5.41, 5.74) is 1.10. The minimum atomic E-state index is -0.138. The van der Waals surface area contributed by atoms with E-state index in [0.717, 1.165) is 24.9 Å². The molecule has 4 rings (SSSR count). The summed E-state index contributed by atoms with van der Waals surface area (Å²) in [6.45, 7) is 4.16. The van der Waals surface area contributed by atoms with Crippen LogP contribution < -0.4 is 20.1 Å². The third-order valence-electron chi connectivity index (χ3n) is 6.65. The van der Waals surface area contributed by atoms with E-state index in [1.54, 1.807) is 14.2 Å². The SMILES string of the molecule is CCNC(=NCCc1ccc(OC)c(OC)c1)NCCN1C(=O)C2C3C=CC(C3)C2C1=O. The monoisotopic (exact) mass is 440 g/mol. The number of nitrogens with zero attached hydrogens (tertiary/aromatic N) is 2. The first kappa shape index (κ1) is 22.2. The van der Waals surface area contributed by atoms with Crippen molar-refractivity contribution < 1.29 is 19.1 Å². The van der Waals surface area contributed by atoms with E-state index in [1.807, 2.05) is 25.1 Å². The number of benzene rings is 1. The van der Waals surface area contributed by atoms with E-state index in [4.69, 9.17) is 9.47 Å². The van der Waals surface area contributed by atoms with Gasteiger partial charge in [0.05, 0.1) is 26.1 Å². The van der Waals surface area contributed by atoms with Crippen molar-refractivity contribution in [3.05, 3.63) is 35.9 Å². The standard InChI is InChI=1S/C24H32N4O4/c1-4-25-24(26-10-9-15-5-8-18(31-2)19(13-15)32-3)27-11-12-28-22(29)20-16-6-7-17(14-16)21(20)23(28)30/h5-8,13,16-17,20-21H,4,9-12,14H2,1-3H3,(H2,25,26,27). The third kappa shape index (κ3) is 4.18. The summed E-state index contributed by atoms with van der Waals surface area (Å²) in [6.07, 6.45) is 5.94. The van der Waals surface area contributed by atoms with E-state index < -0.39 is 0 Å². The number of carbonyl (C=O) groups excluding carboxylic acids is 2. The quantitative estimate of drug-likeness (QED) is 0.262. The molecule has 4 unspecified atom stereocenters. The van der Waals surface area contributed by atoms with E-state index in [2.05, 4.69) is 27.8 Å². The van der Waals surface area contributed by atoms with E-state index in [1.165, 1.54) is 4.90 Å². The summed E-state index contributed by atoms with van der Waals surface area (Å²) in [5, 5.41) is 6.47. The number of hydrogen-bond donors (Lipinski definition) is 2. The second-order valence-electron chi connectivity index (χ2n) is 8.45. The Bertz CT molecular complexity index is 899. The minimum absolute atomic E-state index is 0.00552. The van der Waals surface area contributed by atoms with Gasteiger partial charge in [-0.3, -0.25) is 19.5 Å². The van der Waals surface area contributed by atoms with Gasteiger partial charge in [-0.15, -0.1) is 0 Å². The lowest BCUT2D eigenvalue weighted by Crippen LogP contribution is -2.43. The number of ether oxygens (including phenoxy) is 2. The van der Waals surface area contributed by atoms with Gasteiger partial charge in [-0.1, -0.05) is 18.2 Å². The minimum Gasteiger partial charge on any atom is -0.493 e. The van der Waals surface area contributed by atoms with Crippen molar-refractivity contribution in [2.45, 2.75) is 19.8 Å². The number of rotatable bonds is 9. The van der Waals surface area contributed by atoms with Crippen LogP contribution in [0.1, 0.15) is 18.9 Å². The molecule has 172 valence electrons. The Morgan fingerprint density at radius 1 is 1.06 bits per heavy atom. The molecule has 0 aromatic heterocycles. The van der Waals surface area contributed by atoms with Gasteiger partial charge in [0, 0.05) is 26.2 Å². The van der Waals surface area contributed by atoms with Gasteiger partial charge in [0.2, 0.25) is 11.8 Å². The average molecular weight is 441 g/mol. The topological polar surface area (TPSA) is 92.3 Å². The first-order chi connectivity index (χ1) is 15.6. The molecule has 1 aromatic rings. The fourth-order valence-electron chi connectivity index (χ4n) is 5.15. The van der Waals surface area contributed by atoms with Gasteiger partial charge in [-0.05, 0) is 49.3 Å². The zero-order valence-electron chi connectivity index (χ0n) is 19.0. The summed E-state index contributed by atoms with van der Waals surface area (Å²) in [6, 6.07) is 5.85. The number of carbonyl (C=O) groups is 2. The number of likely N-dealkylation sites (tertiary alicyclic amines) is 1. The Kier molecular flexibility index (Phi) is 6.67. The van der Waals surface area contributed by atoms with Crippen molar-refractivity contribution in [1.82, 2.24) is 15.5 Å². The van der Waals surface area contributed by atoms with Crippen LogP contribution in [0, 0.1) is 23.7 Å². The molecule has 1 saturated heterocycles. The van der Waals surface area contributed by atoms with Gasteiger partial charge in [0.15, 0.2) is 17.5 Å². The van der Waals surface area contributed by atoms with Crippen LogP contribution in [0.3, 0.4) is 0 Å². The van der Waals surface area contributed by atoms with Crippen LogP contribution in [0.4, 0.5) is 0 Å². The molecule has 2 aliphatic carbocycles. The number of fused-ring (bicyclic) bond motifs is 5. The Balaban J connectivity index is 1.29. The van der Waals surface area contributed by atoms with E-state index in [0.29, 0.717) is 37.1 Å². The molecule has 1 heterocycles. The van der Waals surface area contributed by atoms with Crippen LogP contribution in [0.2, 0.25) is 0 Å². The summed E-state index contributed by atoms with van der Waals surface area (Å²) in [7, 11) is 3.24. The molecule has 2 bridgehead atoms. The number of imide groups is 1. The van der Waals surface area contributed by atoms with Crippen LogP contribution in [-0.2, 0) is 16.0 Å². The molecule has 3 aliphatic rings. The van der Waals surface area contributed by atoms with Crippen LogP contribution in [0.5, 0.6) is 11.5 Å². The largest absolute Gasteiger partial charge is 0.493 e. The molecule has 1 saturated carbocycles. The maximum atomic E-state index is 12.8. The number of guanidine groups is 1. The predicted octanol–water partition coefficient (Wildman–Crippen LogP) is 1.61. The second-order valence-corrected chi connectivity index (χ2v) is 8.45. The Labute approximate surface area is 189 Å². The highest BCUT2D eigenvalue weighted by atomic mass is 16.5. The van der Waals surface area contributed by atoms with Gasteiger partial charge < -0.3 is 20.1 Å². The lowest BCUT2D eigenvalue weighted by molar-refractivity contribution is -0.140. The van der Waals surface area contributed by atoms with E-state index >= 15 is 0 Å². The highest BCUT2D eigenvalue weighted by Crippen LogP contribution is 2.52. The normalized spacial score (nSPS) is 26.0. The van der Waals surface area contributed by atoms with Crippen molar-refractivity contribution in [2.75, 3.05) is 40.4 Å². The van der Waals surface area contributed by atoms with Crippen LogP contribution >= 0.6 is 0 Å². The van der Waals surface area contributed by atoms with E-state index in [-0.39, 0.29) is 35.5 Å². The molecule has 2 amide bonds. The molecule has 1 aliphatic heterocycles. The number of nitrogens with one attached hydrogen (secondary N) is 2. The molecule has 0 spiro atoms. The fraction of sp³-hybridized carbons (Fsp3) is 0.542. The molecule has 0 radical (unpaired) electrons. The van der Waals surface area contributed by atoms with Crippen molar-refractivity contribution in [2.24, 2.45) is 28.7 Å². The summed E-state index contributed by atoms with van der Waals surface area (Å²) in [4.78, 5) is 31.7. The number of aliphatic imine (C=N–C) groups is 1. The molecule has 4 atom stereocenters. The van der Waals surface area contributed by atoms with Crippen LogP contribution in [0.25, 0.3) is 0 Å². The molecular weight excluding hydrogens is 408 g/mol. The maximum Gasteiger partial charge on any atom is 0.233 e. The van der Waals surface area contributed by atoms with Gasteiger partial charge in [0.25, 0.3) is 0 Å². The molecule has 1 aromatic carbocycles. The molecule has 8 nitrogen and oxygen atoms in total. The summed E-state index contributed by atoms with van der Waals surface area (Å²) in [5.74, 6) is 2.28. The maximum absolute atomic E-state index is 12.8. The van der Waals surface area contributed by atoms with Gasteiger partial charge in [-0.25, -0.2) is 0 Å². The smallest absolute Gasteiger partial charge is 0.233 e. The zero-order valence-corrected chi connectivity index (χ0v) is 19.0. The van der Waals surface area contributed by atoms with Crippen molar-refractivity contribution in [3.8, 4) is 11.5 Å². The van der Waals surface area contributed by atoms with Gasteiger partial charge in [0.1, 0.15) is 0 Å². The van der Waals surface area contributed by atoms with Crippen LogP contribution in [0.15, 0.2) is 35.3 Å². The third-order valence-corrected chi connectivity index (χ3v) is 6.65. The Hall–Kier alpha value is -3.03. The number of hydrogen-bond acceptors (Lipinski definition) is 5. The Morgan fingerprint density at radius 2 is 1.75 bits per heavy atom. The molecule has 2 fully saturated rings. The second kappa shape index (κ2) is 9.63. The fourth-order valence-corrected chi connectivity index (χ4v) is 5.15. The highest BCUT2D eigenvalue weighted by Gasteiger charge is 2.58. The summed E-state index contributed by atoms with van der Waals surface area (Å²) >= 11 is 0. The average Bonchev–Trinajstić information content (AvgIpc) is 3.48. The lowest BCUT2D eigenvalue weighted by atomic mass is 9.85. The van der Waals surface area contributed by atoms with Crippen molar-refractivity contribution in [3.63, 3.8) is 0 Å². The molecule has 8 heteroatoms. The predicted molar refractivity (Wildman–Crippen MR) is 122 cm³/mol. The van der Waals surface area contributed by atoms with Crippen molar-refractivity contribution in [1.29, 1.82) is 0 Å². The van der Waals surface area contributed by atoms with Gasteiger partial charge in [-0.2, -0.15) is 0 Å².